The second kappa shape index (κ2) is 6.20. The molecule has 0 aliphatic carbocycles. The van der Waals surface area contributed by atoms with E-state index in [0.29, 0.717) is 0 Å². The molecule has 29 heavy (non-hydrogen) atoms. The third-order valence-electron chi connectivity index (χ3n) is 6.12. The first-order valence-corrected chi connectivity index (χ1v) is 11.6. The van der Waals surface area contributed by atoms with E-state index in [2.05, 4.69) is 24.3 Å². The molecule has 2 heterocycles. The molecule has 0 spiro atoms. The number of benzene rings is 4. The Hall–Kier alpha value is -3.09. The van der Waals surface area contributed by atoms with Crippen molar-refractivity contribution in [3.8, 4) is 5.75 Å². The maximum Gasteiger partial charge on any atom is 0.171 e. The lowest BCUT2D eigenvalue weighted by atomic mass is 9.85. The van der Waals surface area contributed by atoms with Crippen LogP contribution in [0.15, 0.2) is 103 Å². The second-order valence-electron chi connectivity index (χ2n) is 7.62. The molecule has 2 nitrogen and oxygen atoms in total. The van der Waals surface area contributed by atoms with Crippen molar-refractivity contribution in [2.45, 2.75) is 12.0 Å². The van der Waals surface area contributed by atoms with Crippen LogP contribution in [-0.2, 0) is 4.57 Å². The van der Waals surface area contributed by atoms with Crippen molar-refractivity contribution < 1.29 is 9.30 Å². The molecule has 3 unspecified atom stereocenters. The first-order valence-electron chi connectivity index (χ1n) is 9.89. The van der Waals surface area contributed by atoms with Gasteiger partial charge in [-0.15, -0.1) is 0 Å². The molecular formula is C26H19O2P. The maximum atomic E-state index is 15.0. The van der Waals surface area contributed by atoms with Gasteiger partial charge in [-0.2, -0.15) is 0 Å². The number of ether oxygens (including phenoxy) is 1. The third-order valence-corrected chi connectivity index (χ3v) is 9.32. The average Bonchev–Trinajstić information content (AvgIpc) is 3.15. The van der Waals surface area contributed by atoms with Crippen LogP contribution >= 0.6 is 7.14 Å². The fourth-order valence-electron chi connectivity index (χ4n) is 4.88. The average molecular weight is 394 g/mol. The van der Waals surface area contributed by atoms with Crippen LogP contribution in [0.1, 0.15) is 28.7 Å². The molecule has 0 bridgehead atoms. The van der Waals surface area contributed by atoms with Gasteiger partial charge >= 0.3 is 0 Å². The van der Waals surface area contributed by atoms with Crippen molar-refractivity contribution in [2.24, 2.45) is 0 Å². The fourth-order valence-corrected chi connectivity index (χ4v) is 8.03. The van der Waals surface area contributed by atoms with E-state index in [9.17, 15) is 4.57 Å². The van der Waals surface area contributed by atoms with E-state index in [1.807, 2.05) is 78.9 Å². The van der Waals surface area contributed by atoms with E-state index < -0.39 is 7.14 Å². The Kier molecular flexibility index (Phi) is 3.60. The van der Waals surface area contributed by atoms with Crippen LogP contribution in [0.2, 0.25) is 0 Å². The lowest BCUT2D eigenvalue weighted by molar-refractivity contribution is 0.224. The van der Waals surface area contributed by atoms with Crippen LogP contribution in [-0.4, -0.2) is 0 Å². The normalized spacial score (nSPS) is 23.7. The minimum absolute atomic E-state index is 0.0306. The van der Waals surface area contributed by atoms with Gasteiger partial charge in [0.05, 0.1) is 5.92 Å². The highest BCUT2D eigenvalue weighted by molar-refractivity contribution is 7.85. The first kappa shape index (κ1) is 16.8. The number of hydrogen-bond acceptors (Lipinski definition) is 2. The van der Waals surface area contributed by atoms with Gasteiger partial charge in [0.2, 0.25) is 0 Å². The van der Waals surface area contributed by atoms with Crippen LogP contribution in [0.3, 0.4) is 0 Å². The molecule has 140 valence electrons. The standard InChI is InChI=1S/C26H19O2P/c27-29(18-10-2-1-3-11-18)23-16-8-5-13-20(23)25-19-12-4-7-15-22(19)28-26(25)21-14-6-9-17-24(21)29/h1-17,25-26H. The van der Waals surface area contributed by atoms with E-state index in [-0.39, 0.29) is 12.0 Å². The molecule has 2 aliphatic rings. The predicted molar refractivity (Wildman–Crippen MR) is 117 cm³/mol. The van der Waals surface area contributed by atoms with Crippen molar-refractivity contribution in [3.05, 3.63) is 120 Å². The van der Waals surface area contributed by atoms with Gasteiger partial charge < -0.3 is 9.30 Å². The summed E-state index contributed by atoms with van der Waals surface area (Å²) in [6.07, 6.45) is -0.177. The molecule has 0 saturated carbocycles. The highest BCUT2D eigenvalue weighted by Crippen LogP contribution is 2.56. The zero-order valence-corrected chi connectivity index (χ0v) is 16.6. The Morgan fingerprint density at radius 1 is 0.586 bits per heavy atom. The Morgan fingerprint density at radius 2 is 1.14 bits per heavy atom. The zero-order valence-electron chi connectivity index (χ0n) is 15.7. The molecule has 0 aromatic heterocycles. The molecule has 0 radical (unpaired) electrons. The lowest BCUT2D eigenvalue weighted by Gasteiger charge is -2.22. The SMILES string of the molecule is O=P1(c2ccccc2)c2ccccc2C2Oc3ccccc3C2c2ccccc21. The summed E-state index contributed by atoms with van der Waals surface area (Å²) in [5.41, 5.74) is 3.30. The van der Waals surface area contributed by atoms with E-state index >= 15 is 0 Å². The summed E-state index contributed by atoms with van der Waals surface area (Å²) >= 11 is 0. The maximum absolute atomic E-state index is 15.0. The quantitative estimate of drug-likeness (QED) is 0.429. The third kappa shape index (κ3) is 2.27. The fraction of sp³-hybridized carbons (Fsp3) is 0.0769. The topological polar surface area (TPSA) is 26.3 Å². The molecule has 4 aromatic carbocycles. The van der Waals surface area contributed by atoms with Crippen molar-refractivity contribution in [3.63, 3.8) is 0 Å². The molecule has 3 atom stereocenters. The molecule has 0 amide bonds. The van der Waals surface area contributed by atoms with Gasteiger partial charge in [-0.05, 0) is 11.6 Å². The molecule has 0 N–H and O–H groups in total. The van der Waals surface area contributed by atoms with E-state index in [1.165, 1.54) is 5.56 Å². The summed E-state index contributed by atoms with van der Waals surface area (Å²) < 4.78 is 21.5. The van der Waals surface area contributed by atoms with E-state index in [4.69, 9.17) is 4.74 Å². The van der Waals surface area contributed by atoms with Gasteiger partial charge in [0.1, 0.15) is 11.9 Å². The van der Waals surface area contributed by atoms with Gasteiger partial charge in [-0.1, -0.05) is 97.1 Å². The van der Waals surface area contributed by atoms with Gasteiger partial charge in [0, 0.05) is 27.0 Å². The molecule has 0 saturated heterocycles. The summed E-state index contributed by atoms with van der Waals surface area (Å²) in [7, 11) is -3.04. The minimum Gasteiger partial charge on any atom is -0.484 e. The summed E-state index contributed by atoms with van der Waals surface area (Å²) in [4.78, 5) is 0. The number of hydrogen-bond donors (Lipinski definition) is 0. The van der Waals surface area contributed by atoms with Crippen molar-refractivity contribution in [1.82, 2.24) is 0 Å². The van der Waals surface area contributed by atoms with Crippen LogP contribution in [0.25, 0.3) is 0 Å². The Morgan fingerprint density at radius 3 is 1.90 bits per heavy atom. The van der Waals surface area contributed by atoms with Gasteiger partial charge in [0.25, 0.3) is 0 Å². The molecular weight excluding hydrogens is 375 g/mol. The Balaban J connectivity index is 1.75. The largest absolute Gasteiger partial charge is 0.484 e. The Labute approximate surface area is 170 Å². The first-order chi connectivity index (χ1) is 14.3. The van der Waals surface area contributed by atoms with Crippen LogP contribution in [0, 0.1) is 0 Å². The van der Waals surface area contributed by atoms with Gasteiger partial charge in [-0.25, -0.2) is 0 Å². The van der Waals surface area contributed by atoms with Crippen molar-refractivity contribution >= 4 is 23.1 Å². The highest BCUT2D eigenvalue weighted by Gasteiger charge is 2.46. The number of fused-ring (bicyclic) bond motifs is 7. The zero-order chi connectivity index (χ0) is 19.4. The molecule has 4 aromatic rings. The number of rotatable bonds is 1. The van der Waals surface area contributed by atoms with Crippen molar-refractivity contribution in [1.29, 1.82) is 0 Å². The van der Waals surface area contributed by atoms with Crippen molar-refractivity contribution in [2.75, 3.05) is 0 Å². The van der Waals surface area contributed by atoms with Gasteiger partial charge in [-0.3, -0.25) is 0 Å². The molecule has 3 heteroatoms. The van der Waals surface area contributed by atoms with Crippen LogP contribution < -0.4 is 20.7 Å². The summed E-state index contributed by atoms with van der Waals surface area (Å²) in [6.45, 7) is 0. The molecule has 0 fully saturated rings. The van der Waals surface area contributed by atoms with Crippen LogP contribution in [0.5, 0.6) is 5.75 Å². The summed E-state index contributed by atoms with van der Waals surface area (Å²) in [5.74, 6) is 0.951. The highest BCUT2D eigenvalue weighted by atomic mass is 31.2. The van der Waals surface area contributed by atoms with E-state index in [1.54, 1.807) is 0 Å². The predicted octanol–water partition coefficient (Wildman–Crippen LogP) is 4.91. The van der Waals surface area contributed by atoms with Crippen LogP contribution in [0.4, 0.5) is 0 Å². The molecule has 6 rings (SSSR count). The van der Waals surface area contributed by atoms with E-state index in [0.717, 1.165) is 32.8 Å². The smallest absolute Gasteiger partial charge is 0.171 e. The monoisotopic (exact) mass is 394 g/mol. The second-order valence-corrected chi connectivity index (χ2v) is 10.3. The number of para-hydroxylation sites is 1. The van der Waals surface area contributed by atoms with Gasteiger partial charge in [0.15, 0.2) is 7.14 Å². The molecule has 2 aliphatic heterocycles. The Bertz CT molecular complexity index is 1280. The minimum atomic E-state index is -3.04. The summed E-state index contributed by atoms with van der Waals surface area (Å²) in [5, 5.41) is 2.68. The summed E-state index contributed by atoms with van der Waals surface area (Å²) in [6, 6.07) is 34.5. The lowest BCUT2D eigenvalue weighted by Crippen LogP contribution is -2.27.